The third kappa shape index (κ3) is 0.650. The number of aromatic amines is 1. The van der Waals surface area contributed by atoms with Gasteiger partial charge in [-0.3, -0.25) is 5.10 Å². The van der Waals surface area contributed by atoms with Gasteiger partial charge in [-0.25, -0.2) is 0 Å². The normalized spacial score (nSPS) is 15.3. The number of ether oxygens (including phenoxy) is 1. The molecule has 1 aliphatic rings. The monoisotopic (exact) mass is 139 g/mol. The van der Waals surface area contributed by atoms with Crippen LogP contribution in [0.25, 0.3) is 0 Å². The molecule has 0 saturated carbocycles. The van der Waals surface area contributed by atoms with Crippen LogP contribution in [-0.2, 0) is 0 Å². The summed E-state index contributed by atoms with van der Waals surface area (Å²) in [5.74, 6) is 0.698. The summed E-state index contributed by atoms with van der Waals surface area (Å²) in [6.07, 6.45) is 0. The summed E-state index contributed by atoms with van der Waals surface area (Å²) in [5, 5.41) is 9.98. The molecule has 54 valence electrons. The number of rotatable bonds is 0. The fraction of sp³-hybridized carbons (Fsp3) is 0.500. The Morgan fingerprint density at radius 2 is 2.50 bits per heavy atom. The number of nitrogens with zero attached hydrogens (tertiary/aromatic N) is 1. The molecule has 10 heavy (non-hydrogen) atoms. The maximum absolute atomic E-state index is 5.24. The molecule has 0 amide bonds. The van der Waals surface area contributed by atoms with Crippen molar-refractivity contribution >= 4 is 5.69 Å². The van der Waals surface area contributed by atoms with Crippen molar-refractivity contribution in [2.75, 3.05) is 18.5 Å². The Balaban J connectivity index is 2.45. The molecule has 4 heteroatoms. The Kier molecular flexibility index (Phi) is 1.06. The number of nitrogens with one attached hydrogen (secondary N) is 2. The van der Waals surface area contributed by atoms with Crippen LogP contribution in [0.5, 0.6) is 5.88 Å². The summed E-state index contributed by atoms with van der Waals surface area (Å²) in [6, 6.07) is 0. The lowest BCUT2D eigenvalue weighted by Crippen LogP contribution is -2.17. The number of fused-ring (bicyclic) bond motifs is 1. The van der Waals surface area contributed by atoms with Crippen molar-refractivity contribution in [3.05, 3.63) is 5.69 Å². The average molecular weight is 139 g/mol. The van der Waals surface area contributed by atoms with Gasteiger partial charge in [0.05, 0.1) is 5.69 Å². The van der Waals surface area contributed by atoms with E-state index < -0.39 is 0 Å². The second-order valence-electron chi connectivity index (χ2n) is 2.30. The molecule has 1 aliphatic heterocycles. The van der Waals surface area contributed by atoms with Crippen LogP contribution in [0.3, 0.4) is 0 Å². The maximum atomic E-state index is 5.24. The standard InChI is InChI=1S/C6H9N3O/c1-4-5-6(9-8-4)10-3-2-7-5/h7H,2-3H2,1H3,(H,8,9). The second kappa shape index (κ2) is 1.90. The molecule has 2 heterocycles. The predicted molar refractivity (Wildman–Crippen MR) is 37.3 cm³/mol. The SMILES string of the molecule is Cc1[nH]nc2c1NCCO2. The summed E-state index contributed by atoms with van der Waals surface area (Å²) in [5.41, 5.74) is 2.04. The van der Waals surface area contributed by atoms with E-state index in [1.807, 2.05) is 6.92 Å². The van der Waals surface area contributed by atoms with E-state index >= 15 is 0 Å². The van der Waals surface area contributed by atoms with E-state index in [1.54, 1.807) is 0 Å². The molecule has 2 N–H and O–H groups in total. The third-order valence-corrected chi connectivity index (χ3v) is 1.56. The first-order valence-electron chi connectivity index (χ1n) is 3.29. The number of aromatic nitrogens is 2. The molecule has 0 unspecified atom stereocenters. The van der Waals surface area contributed by atoms with Gasteiger partial charge < -0.3 is 10.1 Å². The molecular weight excluding hydrogens is 130 g/mol. The molecule has 0 aromatic carbocycles. The highest BCUT2D eigenvalue weighted by Crippen LogP contribution is 2.26. The second-order valence-corrected chi connectivity index (χ2v) is 2.30. The highest BCUT2D eigenvalue weighted by Gasteiger charge is 2.14. The van der Waals surface area contributed by atoms with Crippen molar-refractivity contribution < 1.29 is 4.74 Å². The lowest BCUT2D eigenvalue weighted by atomic mass is 10.3. The van der Waals surface area contributed by atoms with Gasteiger partial charge in [-0.2, -0.15) is 0 Å². The van der Waals surface area contributed by atoms with E-state index in [0.717, 1.165) is 17.9 Å². The van der Waals surface area contributed by atoms with E-state index in [0.29, 0.717) is 12.5 Å². The Morgan fingerprint density at radius 1 is 1.60 bits per heavy atom. The first-order valence-corrected chi connectivity index (χ1v) is 3.29. The minimum absolute atomic E-state index is 0.698. The fourth-order valence-corrected chi connectivity index (χ4v) is 1.04. The topological polar surface area (TPSA) is 49.9 Å². The van der Waals surface area contributed by atoms with Crippen LogP contribution in [0.4, 0.5) is 5.69 Å². The van der Waals surface area contributed by atoms with Gasteiger partial charge in [0.15, 0.2) is 0 Å². The smallest absolute Gasteiger partial charge is 0.256 e. The summed E-state index contributed by atoms with van der Waals surface area (Å²) in [6.45, 7) is 3.54. The highest BCUT2D eigenvalue weighted by molar-refractivity contribution is 5.57. The summed E-state index contributed by atoms with van der Waals surface area (Å²) < 4.78 is 5.24. The number of aryl methyl sites for hydroxylation is 1. The van der Waals surface area contributed by atoms with Crippen molar-refractivity contribution in [3.8, 4) is 5.88 Å². The first kappa shape index (κ1) is 5.58. The van der Waals surface area contributed by atoms with Crippen molar-refractivity contribution in [3.63, 3.8) is 0 Å². The molecule has 0 aliphatic carbocycles. The van der Waals surface area contributed by atoms with E-state index in [-0.39, 0.29) is 0 Å². The molecule has 1 aromatic rings. The molecular formula is C6H9N3O. The number of hydrogen-bond acceptors (Lipinski definition) is 3. The highest BCUT2D eigenvalue weighted by atomic mass is 16.5. The summed E-state index contributed by atoms with van der Waals surface area (Å²) >= 11 is 0. The lowest BCUT2D eigenvalue weighted by Gasteiger charge is -2.13. The van der Waals surface area contributed by atoms with Crippen LogP contribution >= 0.6 is 0 Å². The van der Waals surface area contributed by atoms with Gasteiger partial charge in [0, 0.05) is 6.54 Å². The summed E-state index contributed by atoms with van der Waals surface area (Å²) in [7, 11) is 0. The minimum atomic E-state index is 0.698. The zero-order chi connectivity index (χ0) is 6.97. The molecule has 0 bridgehead atoms. The molecule has 0 atom stereocenters. The molecule has 4 nitrogen and oxygen atoms in total. The first-order chi connectivity index (χ1) is 4.88. The Bertz CT molecular complexity index is 243. The minimum Gasteiger partial charge on any atom is -0.473 e. The van der Waals surface area contributed by atoms with Gasteiger partial charge in [-0.1, -0.05) is 0 Å². The Labute approximate surface area is 58.6 Å². The van der Waals surface area contributed by atoms with Crippen LogP contribution in [-0.4, -0.2) is 23.3 Å². The molecule has 0 fully saturated rings. The van der Waals surface area contributed by atoms with Gasteiger partial charge in [-0.15, -0.1) is 5.10 Å². The average Bonchev–Trinajstić information content (AvgIpc) is 2.34. The Hall–Kier alpha value is -1.19. The van der Waals surface area contributed by atoms with Crippen LogP contribution in [0.1, 0.15) is 5.69 Å². The van der Waals surface area contributed by atoms with Gasteiger partial charge in [-0.05, 0) is 6.92 Å². The summed E-state index contributed by atoms with van der Waals surface area (Å²) in [4.78, 5) is 0. The van der Waals surface area contributed by atoms with E-state index in [9.17, 15) is 0 Å². The largest absolute Gasteiger partial charge is 0.473 e. The quantitative estimate of drug-likeness (QED) is 0.551. The lowest BCUT2D eigenvalue weighted by molar-refractivity contribution is 0.310. The molecule has 1 aromatic heterocycles. The van der Waals surface area contributed by atoms with Crippen LogP contribution in [0, 0.1) is 6.92 Å². The molecule has 0 radical (unpaired) electrons. The molecule has 2 rings (SSSR count). The maximum Gasteiger partial charge on any atom is 0.256 e. The zero-order valence-corrected chi connectivity index (χ0v) is 5.77. The molecule has 0 spiro atoms. The van der Waals surface area contributed by atoms with Crippen molar-refractivity contribution in [1.29, 1.82) is 0 Å². The van der Waals surface area contributed by atoms with Crippen molar-refractivity contribution in [1.82, 2.24) is 10.2 Å². The van der Waals surface area contributed by atoms with E-state index in [1.165, 1.54) is 0 Å². The number of H-pyrrole nitrogens is 1. The van der Waals surface area contributed by atoms with Gasteiger partial charge in [0.1, 0.15) is 12.3 Å². The van der Waals surface area contributed by atoms with E-state index in [2.05, 4.69) is 15.5 Å². The molecule has 0 saturated heterocycles. The third-order valence-electron chi connectivity index (χ3n) is 1.56. The predicted octanol–water partition coefficient (Wildman–Crippen LogP) is 0.522. The van der Waals surface area contributed by atoms with Crippen LogP contribution < -0.4 is 10.1 Å². The van der Waals surface area contributed by atoms with Gasteiger partial charge in [0.25, 0.3) is 5.88 Å². The number of hydrogen-bond donors (Lipinski definition) is 2. The van der Waals surface area contributed by atoms with Gasteiger partial charge >= 0.3 is 0 Å². The number of anilines is 1. The Morgan fingerprint density at radius 3 is 3.30 bits per heavy atom. The van der Waals surface area contributed by atoms with Crippen molar-refractivity contribution in [2.45, 2.75) is 6.92 Å². The zero-order valence-electron chi connectivity index (χ0n) is 5.77. The van der Waals surface area contributed by atoms with E-state index in [4.69, 9.17) is 4.74 Å². The van der Waals surface area contributed by atoms with Crippen molar-refractivity contribution in [2.24, 2.45) is 0 Å². The van der Waals surface area contributed by atoms with Crippen LogP contribution in [0.15, 0.2) is 0 Å². The van der Waals surface area contributed by atoms with Crippen LogP contribution in [0.2, 0.25) is 0 Å². The fourth-order valence-electron chi connectivity index (χ4n) is 1.04. The van der Waals surface area contributed by atoms with Gasteiger partial charge in [0.2, 0.25) is 0 Å².